The fourth-order valence-corrected chi connectivity index (χ4v) is 6.85. The van der Waals surface area contributed by atoms with Gasteiger partial charge in [0.25, 0.3) is 0 Å². The van der Waals surface area contributed by atoms with Crippen LogP contribution < -0.4 is 0 Å². The van der Waals surface area contributed by atoms with Gasteiger partial charge in [0.2, 0.25) is 15.0 Å². The lowest BCUT2D eigenvalue weighted by Crippen LogP contribution is -2.40. The van der Waals surface area contributed by atoms with Crippen LogP contribution in [0.15, 0.2) is 11.4 Å². The molecule has 3 rings (SSSR count). The van der Waals surface area contributed by atoms with E-state index >= 15 is 0 Å². The van der Waals surface area contributed by atoms with Gasteiger partial charge in [0.15, 0.2) is 0 Å². The first-order valence-corrected chi connectivity index (χ1v) is 13.1. The average molecular weight is 426 g/mol. The Morgan fingerprint density at radius 1 is 1.14 bits per heavy atom. The third-order valence-electron chi connectivity index (χ3n) is 6.65. The van der Waals surface area contributed by atoms with E-state index in [1.54, 1.807) is 7.11 Å². The molecule has 0 amide bonds. The molecule has 1 unspecified atom stereocenters. The number of imidazole rings is 1. The van der Waals surface area contributed by atoms with Gasteiger partial charge >= 0.3 is 0 Å². The van der Waals surface area contributed by atoms with Crippen LogP contribution in [0.3, 0.4) is 0 Å². The topological polar surface area (TPSA) is 64.4 Å². The molecule has 6 nitrogen and oxygen atoms in total. The number of likely N-dealkylation sites (tertiary alicyclic amines) is 1. The summed E-state index contributed by atoms with van der Waals surface area (Å²) in [6.07, 6.45) is 13.3. The summed E-state index contributed by atoms with van der Waals surface area (Å²) in [5, 5.41) is 0.0645. The van der Waals surface area contributed by atoms with E-state index in [0.717, 1.165) is 83.3 Å². The first-order chi connectivity index (χ1) is 14.1. The molecule has 1 aromatic rings. The number of hydrogen-bond acceptors (Lipinski definition) is 5. The Kier molecular flexibility index (Phi) is 8.57. The first kappa shape index (κ1) is 22.8. The fraction of sp³-hybridized carbons (Fsp3) is 0.864. The number of aromatic nitrogens is 2. The van der Waals surface area contributed by atoms with Crippen LogP contribution in [-0.2, 0) is 27.7 Å². The highest BCUT2D eigenvalue weighted by Gasteiger charge is 2.34. The predicted octanol–water partition coefficient (Wildman–Crippen LogP) is 4.18. The van der Waals surface area contributed by atoms with Crippen LogP contribution in [0.2, 0.25) is 0 Å². The molecule has 2 heterocycles. The van der Waals surface area contributed by atoms with Gasteiger partial charge in [-0.25, -0.2) is 13.4 Å². The number of ether oxygens (including phenoxy) is 1. The third-order valence-corrected chi connectivity index (χ3v) is 8.84. The Bertz CT molecular complexity index is 726. The van der Waals surface area contributed by atoms with Crippen molar-refractivity contribution in [3.05, 3.63) is 11.9 Å². The number of piperidine rings is 1. The Morgan fingerprint density at radius 2 is 1.90 bits per heavy atom. The predicted molar refractivity (Wildman–Crippen MR) is 116 cm³/mol. The lowest BCUT2D eigenvalue weighted by Gasteiger charge is -2.35. The van der Waals surface area contributed by atoms with Crippen molar-refractivity contribution in [2.24, 2.45) is 0 Å². The lowest BCUT2D eigenvalue weighted by molar-refractivity contribution is 0.0952. The maximum atomic E-state index is 13.4. The standard InChI is InChI=1S/C22H39N3O3S/c1-3-4-15-25-20(18-24-14-9-8-10-19(24)13-16-28-2)17-23-22(25)29(26,27)21-11-6-5-7-12-21/h17,19,21H,3-16,18H2,1-2H3. The Balaban J connectivity index is 1.83. The number of hydrogen-bond donors (Lipinski definition) is 0. The zero-order valence-corrected chi connectivity index (χ0v) is 19.1. The summed E-state index contributed by atoms with van der Waals surface area (Å²) in [7, 11) is -1.60. The maximum Gasteiger partial charge on any atom is 0.228 e. The van der Waals surface area contributed by atoms with Crippen molar-refractivity contribution in [3.63, 3.8) is 0 Å². The van der Waals surface area contributed by atoms with Gasteiger partial charge in [0.1, 0.15) is 0 Å². The molecule has 1 saturated heterocycles. The summed E-state index contributed by atoms with van der Waals surface area (Å²) in [6, 6.07) is 0.511. The van der Waals surface area contributed by atoms with Gasteiger partial charge in [-0.15, -0.1) is 0 Å². The molecule has 1 atom stereocenters. The number of unbranched alkanes of at least 4 members (excludes halogenated alkanes) is 1. The van der Waals surface area contributed by atoms with Crippen molar-refractivity contribution in [2.45, 2.75) is 107 Å². The fourth-order valence-electron chi connectivity index (χ4n) is 4.88. The summed E-state index contributed by atoms with van der Waals surface area (Å²) in [5.41, 5.74) is 1.05. The molecule has 0 N–H and O–H groups in total. The molecule has 0 radical (unpaired) electrons. The van der Waals surface area contributed by atoms with Crippen molar-refractivity contribution < 1.29 is 13.2 Å². The molecular formula is C22H39N3O3S. The number of nitrogens with zero attached hydrogens (tertiary/aromatic N) is 3. The highest BCUT2D eigenvalue weighted by atomic mass is 32.2. The Labute approximate surface area is 176 Å². The van der Waals surface area contributed by atoms with Crippen molar-refractivity contribution in [3.8, 4) is 0 Å². The molecule has 0 bridgehead atoms. The van der Waals surface area contributed by atoms with Crippen LogP contribution >= 0.6 is 0 Å². The van der Waals surface area contributed by atoms with Crippen molar-refractivity contribution in [1.82, 2.24) is 14.5 Å². The van der Waals surface area contributed by atoms with Crippen LogP contribution in [0, 0.1) is 0 Å². The van der Waals surface area contributed by atoms with E-state index < -0.39 is 9.84 Å². The molecule has 166 valence electrons. The first-order valence-electron chi connectivity index (χ1n) is 11.6. The minimum Gasteiger partial charge on any atom is -0.385 e. The van der Waals surface area contributed by atoms with Gasteiger partial charge in [-0.2, -0.15) is 0 Å². The monoisotopic (exact) mass is 425 g/mol. The Hall–Kier alpha value is -0.920. The van der Waals surface area contributed by atoms with E-state index in [1.807, 2.05) is 10.8 Å². The van der Waals surface area contributed by atoms with E-state index in [-0.39, 0.29) is 5.25 Å². The van der Waals surface area contributed by atoms with E-state index in [4.69, 9.17) is 4.74 Å². The molecule has 2 fully saturated rings. The highest BCUT2D eigenvalue weighted by molar-refractivity contribution is 7.91. The molecule has 7 heteroatoms. The number of sulfone groups is 1. The Morgan fingerprint density at radius 3 is 2.62 bits per heavy atom. The maximum absolute atomic E-state index is 13.4. The van der Waals surface area contributed by atoms with Gasteiger partial charge in [0, 0.05) is 32.8 Å². The summed E-state index contributed by atoms with van der Waals surface area (Å²) >= 11 is 0. The van der Waals surface area contributed by atoms with E-state index in [0.29, 0.717) is 11.2 Å². The number of rotatable bonds is 10. The average Bonchev–Trinajstić information content (AvgIpc) is 3.15. The van der Waals surface area contributed by atoms with Gasteiger partial charge in [-0.05, 0) is 45.1 Å². The molecule has 1 saturated carbocycles. The molecule has 1 aromatic heterocycles. The molecule has 0 aromatic carbocycles. The second kappa shape index (κ2) is 10.9. The zero-order chi connectivity index (χ0) is 20.7. The van der Waals surface area contributed by atoms with Crippen LogP contribution in [0.1, 0.15) is 83.2 Å². The molecule has 29 heavy (non-hydrogen) atoms. The summed E-state index contributed by atoms with van der Waals surface area (Å²) in [6.45, 7) is 5.52. The van der Waals surface area contributed by atoms with Gasteiger partial charge in [-0.1, -0.05) is 39.0 Å². The minimum absolute atomic E-state index is 0.253. The summed E-state index contributed by atoms with van der Waals surface area (Å²) in [4.78, 5) is 7.01. The lowest BCUT2D eigenvalue weighted by atomic mass is 9.99. The van der Waals surface area contributed by atoms with Crippen molar-refractivity contribution in [2.75, 3.05) is 20.3 Å². The smallest absolute Gasteiger partial charge is 0.228 e. The second-order valence-electron chi connectivity index (χ2n) is 8.74. The van der Waals surface area contributed by atoms with Crippen LogP contribution in [0.4, 0.5) is 0 Å². The van der Waals surface area contributed by atoms with Crippen molar-refractivity contribution in [1.29, 1.82) is 0 Å². The largest absolute Gasteiger partial charge is 0.385 e. The molecule has 0 spiro atoms. The molecule has 1 aliphatic carbocycles. The van der Waals surface area contributed by atoms with E-state index in [1.165, 1.54) is 19.3 Å². The second-order valence-corrected chi connectivity index (χ2v) is 10.9. The molecule has 2 aliphatic rings. The minimum atomic E-state index is -3.36. The van der Waals surface area contributed by atoms with Crippen LogP contribution in [0.25, 0.3) is 0 Å². The van der Waals surface area contributed by atoms with Crippen LogP contribution in [0.5, 0.6) is 0 Å². The van der Waals surface area contributed by atoms with Gasteiger partial charge < -0.3 is 9.30 Å². The van der Waals surface area contributed by atoms with Gasteiger partial charge in [-0.3, -0.25) is 4.90 Å². The summed E-state index contributed by atoms with van der Waals surface area (Å²) < 4.78 is 34.1. The zero-order valence-electron chi connectivity index (χ0n) is 18.3. The highest BCUT2D eigenvalue weighted by Crippen LogP contribution is 2.30. The van der Waals surface area contributed by atoms with E-state index in [9.17, 15) is 8.42 Å². The third kappa shape index (κ3) is 5.61. The SMILES string of the molecule is CCCCn1c(CN2CCCCC2CCOC)cnc1S(=O)(=O)C1CCCCC1. The molecule has 1 aliphatic heterocycles. The van der Waals surface area contributed by atoms with Gasteiger partial charge in [0.05, 0.1) is 17.1 Å². The molecular weight excluding hydrogens is 386 g/mol. The van der Waals surface area contributed by atoms with Crippen LogP contribution in [-0.4, -0.2) is 54.4 Å². The van der Waals surface area contributed by atoms with E-state index in [2.05, 4.69) is 16.8 Å². The summed E-state index contributed by atoms with van der Waals surface area (Å²) in [5.74, 6) is 0. The normalized spacial score (nSPS) is 22.2. The van der Waals surface area contributed by atoms with Crippen molar-refractivity contribution >= 4 is 9.84 Å². The quantitative estimate of drug-likeness (QED) is 0.563. The number of methoxy groups -OCH3 is 1.